The summed E-state index contributed by atoms with van der Waals surface area (Å²) in [7, 11) is 1.55. The van der Waals surface area contributed by atoms with Gasteiger partial charge < -0.3 is 19.2 Å². The van der Waals surface area contributed by atoms with Gasteiger partial charge in [-0.3, -0.25) is 4.79 Å². The first-order valence-electron chi connectivity index (χ1n) is 8.88. The minimum atomic E-state index is -0.801. The molecule has 0 spiro atoms. The lowest BCUT2D eigenvalue weighted by Crippen LogP contribution is -2.30. The molecule has 29 heavy (non-hydrogen) atoms. The summed E-state index contributed by atoms with van der Waals surface area (Å²) < 4.78 is 17.0. The molecule has 148 valence electrons. The van der Waals surface area contributed by atoms with Crippen molar-refractivity contribution in [1.29, 1.82) is 0 Å². The smallest absolute Gasteiger partial charge is 0.265 e. The van der Waals surface area contributed by atoms with E-state index in [0.717, 1.165) is 16.4 Å². The number of fused-ring (bicyclic) bond motifs is 3. The SMILES string of the molecule is COc1cc2c(cc1NC(=O)C(C)Oc1ccc(Cl)cc1Cl)oc1ccccc12. The molecular weight excluding hydrogens is 413 g/mol. The van der Waals surface area contributed by atoms with Gasteiger partial charge in [-0.1, -0.05) is 41.4 Å². The number of para-hydroxylation sites is 1. The van der Waals surface area contributed by atoms with Gasteiger partial charge >= 0.3 is 0 Å². The molecule has 0 fully saturated rings. The lowest BCUT2D eigenvalue weighted by molar-refractivity contribution is -0.122. The van der Waals surface area contributed by atoms with Crippen molar-refractivity contribution in [2.75, 3.05) is 12.4 Å². The van der Waals surface area contributed by atoms with Gasteiger partial charge in [-0.15, -0.1) is 0 Å². The highest BCUT2D eigenvalue weighted by Crippen LogP contribution is 2.36. The lowest BCUT2D eigenvalue weighted by Gasteiger charge is -2.17. The second-order valence-electron chi connectivity index (χ2n) is 6.47. The number of halogens is 2. The number of ether oxygens (including phenoxy) is 2. The standard InChI is InChI=1S/C22H17Cl2NO4/c1-12(28-19-8-7-13(23)9-16(19)24)22(26)25-17-11-20-15(10-21(17)27-2)14-5-3-4-6-18(14)29-20/h3-12H,1-2H3,(H,25,26). The molecule has 1 aromatic heterocycles. The Bertz CT molecular complexity index is 1220. The maximum Gasteiger partial charge on any atom is 0.265 e. The number of hydrogen-bond donors (Lipinski definition) is 1. The van der Waals surface area contributed by atoms with Gasteiger partial charge in [-0.25, -0.2) is 0 Å². The van der Waals surface area contributed by atoms with Crippen molar-refractivity contribution in [3.05, 3.63) is 64.6 Å². The predicted octanol–water partition coefficient (Wildman–Crippen LogP) is 6.31. The van der Waals surface area contributed by atoms with E-state index >= 15 is 0 Å². The normalized spacial score (nSPS) is 12.1. The number of anilines is 1. The van der Waals surface area contributed by atoms with Crippen LogP contribution in [-0.4, -0.2) is 19.1 Å². The predicted molar refractivity (Wildman–Crippen MR) is 115 cm³/mol. The first-order valence-corrected chi connectivity index (χ1v) is 9.63. The number of amides is 1. The topological polar surface area (TPSA) is 60.7 Å². The summed E-state index contributed by atoms with van der Waals surface area (Å²) in [5.41, 5.74) is 1.90. The molecule has 0 saturated carbocycles. The van der Waals surface area contributed by atoms with E-state index < -0.39 is 6.10 Å². The Morgan fingerprint density at radius 2 is 1.79 bits per heavy atom. The minimum absolute atomic E-state index is 0.332. The Morgan fingerprint density at radius 1 is 1.00 bits per heavy atom. The summed E-state index contributed by atoms with van der Waals surface area (Å²) in [6.07, 6.45) is -0.801. The third-order valence-electron chi connectivity index (χ3n) is 4.52. The fourth-order valence-electron chi connectivity index (χ4n) is 3.07. The van der Waals surface area contributed by atoms with E-state index in [9.17, 15) is 4.79 Å². The van der Waals surface area contributed by atoms with Crippen LogP contribution in [0.15, 0.2) is 59.0 Å². The number of benzene rings is 3. The zero-order chi connectivity index (χ0) is 20.5. The summed E-state index contributed by atoms with van der Waals surface area (Å²) in [4.78, 5) is 12.7. The van der Waals surface area contributed by atoms with Crippen molar-refractivity contribution >= 4 is 56.7 Å². The Morgan fingerprint density at radius 3 is 2.55 bits per heavy atom. The van der Waals surface area contributed by atoms with Gasteiger partial charge in [0.25, 0.3) is 5.91 Å². The van der Waals surface area contributed by atoms with E-state index in [2.05, 4.69) is 5.32 Å². The molecule has 0 bridgehead atoms. The number of carbonyl (C=O) groups excluding carboxylic acids is 1. The second kappa shape index (κ2) is 7.85. The highest BCUT2D eigenvalue weighted by atomic mass is 35.5. The minimum Gasteiger partial charge on any atom is -0.495 e. The van der Waals surface area contributed by atoms with E-state index in [0.29, 0.717) is 32.8 Å². The summed E-state index contributed by atoms with van der Waals surface area (Å²) in [5, 5.41) is 5.54. The van der Waals surface area contributed by atoms with Gasteiger partial charge in [0.05, 0.1) is 17.8 Å². The summed E-state index contributed by atoms with van der Waals surface area (Å²) in [5.74, 6) is 0.539. The number of methoxy groups -OCH3 is 1. The van der Waals surface area contributed by atoms with E-state index in [1.54, 1.807) is 38.3 Å². The molecule has 1 amide bonds. The third kappa shape index (κ3) is 3.84. The molecule has 0 aliphatic heterocycles. The highest BCUT2D eigenvalue weighted by molar-refractivity contribution is 6.35. The van der Waals surface area contributed by atoms with Crippen molar-refractivity contribution in [1.82, 2.24) is 0 Å². The molecule has 4 aromatic rings. The molecule has 0 aliphatic carbocycles. The first kappa shape index (κ1) is 19.4. The zero-order valence-electron chi connectivity index (χ0n) is 15.7. The highest BCUT2D eigenvalue weighted by Gasteiger charge is 2.20. The van der Waals surface area contributed by atoms with Crippen LogP contribution in [0.2, 0.25) is 10.0 Å². The van der Waals surface area contributed by atoms with Crippen molar-refractivity contribution < 1.29 is 18.7 Å². The van der Waals surface area contributed by atoms with Crippen LogP contribution >= 0.6 is 23.2 Å². The summed E-state index contributed by atoms with van der Waals surface area (Å²) in [6, 6.07) is 16.1. The molecular formula is C22H17Cl2NO4. The Balaban J connectivity index is 1.60. The van der Waals surface area contributed by atoms with Gasteiger partial charge in [0, 0.05) is 21.9 Å². The Hall–Kier alpha value is -2.89. The van der Waals surface area contributed by atoms with Crippen LogP contribution in [0.25, 0.3) is 21.9 Å². The maximum atomic E-state index is 12.7. The maximum absolute atomic E-state index is 12.7. The van der Waals surface area contributed by atoms with Crippen LogP contribution in [0, 0.1) is 0 Å². The molecule has 1 N–H and O–H groups in total. The Kier molecular flexibility index (Phi) is 5.26. The van der Waals surface area contributed by atoms with Gasteiger partial charge in [-0.05, 0) is 37.3 Å². The second-order valence-corrected chi connectivity index (χ2v) is 7.31. The van der Waals surface area contributed by atoms with Crippen LogP contribution in [0.4, 0.5) is 5.69 Å². The van der Waals surface area contributed by atoms with Crippen LogP contribution in [0.1, 0.15) is 6.92 Å². The molecule has 7 heteroatoms. The van der Waals surface area contributed by atoms with E-state index in [4.69, 9.17) is 37.1 Å². The van der Waals surface area contributed by atoms with Crippen LogP contribution in [0.5, 0.6) is 11.5 Å². The molecule has 0 aliphatic rings. The molecule has 0 radical (unpaired) electrons. The van der Waals surface area contributed by atoms with Crippen molar-refractivity contribution in [3.63, 3.8) is 0 Å². The molecule has 3 aromatic carbocycles. The van der Waals surface area contributed by atoms with Crippen LogP contribution < -0.4 is 14.8 Å². The fraction of sp³-hybridized carbons (Fsp3) is 0.136. The number of rotatable bonds is 5. The van der Waals surface area contributed by atoms with Crippen molar-refractivity contribution in [2.24, 2.45) is 0 Å². The van der Waals surface area contributed by atoms with Gasteiger partial charge in [0.15, 0.2) is 6.10 Å². The lowest BCUT2D eigenvalue weighted by atomic mass is 10.1. The average molecular weight is 430 g/mol. The average Bonchev–Trinajstić information content (AvgIpc) is 3.06. The summed E-state index contributed by atoms with van der Waals surface area (Å²) >= 11 is 12.0. The molecule has 4 rings (SSSR count). The number of carbonyl (C=O) groups is 1. The van der Waals surface area contributed by atoms with E-state index in [1.807, 2.05) is 30.3 Å². The molecule has 1 unspecified atom stereocenters. The number of nitrogens with one attached hydrogen (secondary N) is 1. The van der Waals surface area contributed by atoms with E-state index in [-0.39, 0.29) is 5.91 Å². The van der Waals surface area contributed by atoms with E-state index in [1.165, 1.54) is 0 Å². The third-order valence-corrected chi connectivity index (χ3v) is 5.05. The zero-order valence-corrected chi connectivity index (χ0v) is 17.2. The molecule has 0 saturated heterocycles. The van der Waals surface area contributed by atoms with Gasteiger partial charge in [0.1, 0.15) is 22.7 Å². The monoisotopic (exact) mass is 429 g/mol. The van der Waals surface area contributed by atoms with Gasteiger partial charge in [-0.2, -0.15) is 0 Å². The van der Waals surface area contributed by atoms with Crippen molar-refractivity contribution in [3.8, 4) is 11.5 Å². The molecule has 1 heterocycles. The van der Waals surface area contributed by atoms with Crippen LogP contribution in [0.3, 0.4) is 0 Å². The largest absolute Gasteiger partial charge is 0.495 e. The summed E-state index contributed by atoms with van der Waals surface area (Å²) in [6.45, 7) is 1.63. The van der Waals surface area contributed by atoms with Crippen LogP contribution in [-0.2, 0) is 4.79 Å². The molecule has 1 atom stereocenters. The van der Waals surface area contributed by atoms with Crippen molar-refractivity contribution in [2.45, 2.75) is 13.0 Å². The first-order chi connectivity index (χ1) is 14.0. The Labute approximate surface area is 177 Å². The quantitative estimate of drug-likeness (QED) is 0.403. The fourth-order valence-corrected chi connectivity index (χ4v) is 3.52. The van der Waals surface area contributed by atoms with Gasteiger partial charge in [0.2, 0.25) is 0 Å². The number of hydrogen-bond acceptors (Lipinski definition) is 4. The number of furan rings is 1. The molecule has 5 nitrogen and oxygen atoms in total.